The topological polar surface area (TPSA) is 80.7 Å². The number of Topliss-reactive ketones (excluding diaryl/α,β-unsaturated/α-hetero) is 1. The van der Waals surface area contributed by atoms with E-state index < -0.39 is 11.9 Å². The minimum atomic E-state index is -1.12. The van der Waals surface area contributed by atoms with Crippen molar-refractivity contribution in [2.75, 3.05) is 0 Å². The first-order chi connectivity index (χ1) is 6.88. The van der Waals surface area contributed by atoms with Crippen LogP contribution in [0.5, 0.6) is 0 Å². The number of carbonyl (C=O) groups is 3. The standard InChI is InChI=1S/C10H14O5/c1-4-8(10(13)14)7(3)15-9(12)5-6(2)11/h4-5H2,1-3H3,(H,13,14). The quantitative estimate of drug-likeness (QED) is 0.322. The molecule has 0 aliphatic carbocycles. The lowest BCUT2D eigenvalue weighted by Gasteiger charge is -2.06. The highest BCUT2D eigenvalue weighted by molar-refractivity contribution is 5.95. The molecule has 1 N–H and O–H groups in total. The summed E-state index contributed by atoms with van der Waals surface area (Å²) in [5.74, 6) is -2.13. The fraction of sp³-hybridized carbons (Fsp3) is 0.500. The van der Waals surface area contributed by atoms with E-state index in [2.05, 4.69) is 0 Å². The highest BCUT2D eigenvalue weighted by atomic mass is 16.5. The number of hydrogen-bond acceptors (Lipinski definition) is 4. The van der Waals surface area contributed by atoms with Crippen LogP contribution in [0.1, 0.15) is 33.6 Å². The molecule has 0 unspecified atom stereocenters. The van der Waals surface area contributed by atoms with Crippen molar-refractivity contribution in [1.82, 2.24) is 0 Å². The number of ether oxygens (including phenoxy) is 1. The number of hydrogen-bond donors (Lipinski definition) is 1. The monoisotopic (exact) mass is 214 g/mol. The van der Waals surface area contributed by atoms with Crippen LogP contribution in [0.4, 0.5) is 0 Å². The van der Waals surface area contributed by atoms with Gasteiger partial charge in [0.2, 0.25) is 0 Å². The molecule has 0 heterocycles. The predicted molar refractivity (Wildman–Crippen MR) is 52.0 cm³/mol. The van der Waals surface area contributed by atoms with Gasteiger partial charge in [-0.25, -0.2) is 4.79 Å². The molecule has 15 heavy (non-hydrogen) atoms. The van der Waals surface area contributed by atoms with Crippen LogP contribution in [-0.2, 0) is 19.1 Å². The lowest BCUT2D eigenvalue weighted by Crippen LogP contribution is -2.11. The van der Waals surface area contributed by atoms with Crippen LogP contribution < -0.4 is 0 Å². The number of ketones is 1. The second-order valence-electron chi connectivity index (χ2n) is 3.05. The van der Waals surface area contributed by atoms with Crippen LogP contribution in [0.25, 0.3) is 0 Å². The molecule has 0 aliphatic heterocycles. The van der Waals surface area contributed by atoms with Crippen LogP contribution >= 0.6 is 0 Å². The second kappa shape index (κ2) is 5.95. The molecule has 5 heteroatoms. The Bertz CT molecular complexity index is 314. The second-order valence-corrected chi connectivity index (χ2v) is 3.05. The Morgan fingerprint density at radius 3 is 2.07 bits per heavy atom. The molecule has 0 rings (SSSR count). The molecular formula is C10H14O5. The van der Waals surface area contributed by atoms with Gasteiger partial charge in [0, 0.05) is 0 Å². The Hall–Kier alpha value is -1.65. The molecule has 0 fully saturated rings. The Kier molecular flexibility index (Phi) is 5.30. The fourth-order valence-electron chi connectivity index (χ4n) is 1.02. The Morgan fingerprint density at radius 1 is 1.20 bits per heavy atom. The Labute approximate surface area is 87.7 Å². The van der Waals surface area contributed by atoms with E-state index in [1.54, 1.807) is 6.92 Å². The van der Waals surface area contributed by atoms with E-state index in [9.17, 15) is 14.4 Å². The van der Waals surface area contributed by atoms with E-state index in [0.717, 1.165) is 0 Å². The third-order valence-electron chi connectivity index (χ3n) is 1.70. The van der Waals surface area contributed by atoms with E-state index in [1.807, 2.05) is 0 Å². The number of carbonyl (C=O) groups excluding carboxylic acids is 2. The maximum Gasteiger partial charge on any atom is 0.334 e. The van der Waals surface area contributed by atoms with Gasteiger partial charge in [-0.2, -0.15) is 0 Å². The van der Waals surface area contributed by atoms with Crippen molar-refractivity contribution in [2.45, 2.75) is 33.6 Å². The smallest absolute Gasteiger partial charge is 0.334 e. The Morgan fingerprint density at radius 2 is 1.73 bits per heavy atom. The average molecular weight is 214 g/mol. The van der Waals surface area contributed by atoms with Crippen molar-refractivity contribution in [2.24, 2.45) is 0 Å². The van der Waals surface area contributed by atoms with E-state index in [4.69, 9.17) is 9.84 Å². The van der Waals surface area contributed by atoms with Crippen LogP contribution in [0.15, 0.2) is 11.3 Å². The lowest BCUT2D eigenvalue weighted by atomic mass is 10.2. The Balaban J connectivity index is 4.57. The molecule has 0 aromatic heterocycles. The molecule has 0 saturated heterocycles. The normalized spacial score (nSPS) is 11.7. The van der Waals surface area contributed by atoms with Crippen molar-refractivity contribution < 1.29 is 24.2 Å². The molecule has 0 bridgehead atoms. The molecule has 0 aromatic carbocycles. The first-order valence-corrected chi connectivity index (χ1v) is 4.51. The van der Waals surface area contributed by atoms with Crippen molar-refractivity contribution in [3.05, 3.63) is 11.3 Å². The zero-order valence-corrected chi connectivity index (χ0v) is 8.99. The van der Waals surface area contributed by atoms with Gasteiger partial charge in [0.1, 0.15) is 18.0 Å². The highest BCUT2D eigenvalue weighted by Gasteiger charge is 2.14. The van der Waals surface area contributed by atoms with Crippen LogP contribution in [-0.4, -0.2) is 22.8 Å². The number of aliphatic carboxylic acids is 1. The van der Waals surface area contributed by atoms with E-state index in [1.165, 1.54) is 13.8 Å². The van der Waals surface area contributed by atoms with E-state index in [0.29, 0.717) is 0 Å². The lowest BCUT2D eigenvalue weighted by molar-refractivity contribution is -0.142. The van der Waals surface area contributed by atoms with Gasteiger partial charge < -0.3 is 9.84 Å². The maximum absolute atomic E-state index is 11.0. The van der Waals surface area contributed by atoms with Gasteiger partial charge in [0.15, 0.2) is 0 Å². The van der Waals surface area contributed by atoms with Crippen LogP contribution in [0, 0.1) is 0 Å². The van der Waals surface area contributed by atoms with Crippen molar-refractivity contribution in [3.63, 3.8) is 0 Å². The van der Waals surface area contributed by atoms with Crippen molar-refractivity contribution >= 4 is 17.7 Å². The summed E-state index contributed by atoms with van der Waals surface area (Å²) >= 11 is 0. The maximum atomic E-state index is 11.0. The molecule has 0 atom stereocenters. The first-order valence-electron chi connectivity index (χ1n) is 4.51. The van der Waals surface area contributed by atoms with Gasteiger partial charge in [-0.15, -0.1) is 0 Å². The zero-order valence-electron chi connectivity index (χ0n) is 8.99. The molecule has 0 saturated carbocycles. The van der Waals surface area contributed by atoms with Crippen molar-refractivity contribution in [3.8, 4) is 0 Å². The summed E-state index contributed by atoms with van der Waals surface area (Å²) in [6.07, 6.45) is -0.0809. The van der Waals surface area contributed by atoms with Gasteiger partial charge in [-0.05, 0) is 20.3 Å². The number of carboxylic acid groups (broad SMARTS) is 1. The summed E-state index contributed by atoms with van der Waals surface area (Å²) in [7, 11) is 0. The van der Waals surface area contributed by atoms with E-state index >= 15 is 0 Å². The summed E-state index contributed by atoms with van der Waals surface area (Å²) in [5.41, 5.74) is 0.0342. The minimum absolute atomic E-state index is 0.0342. The summed E-state index contributed by atoms with van der Waals surface area (Å²) in [4.78, 5) is 32.3. The molecule has 0 spiro atoms. The zero-order chi connectivity index (χ0) is 12.0. The number of rotatable bonds is 5. The van der Waals surface area contributed by atoms with Crippen LogP contribution in [0.3, 0.4) is 0 Å². The number of esters is 1. The molecule has 5 nitrogen and oxygen atoms in total. The predicted octanol–water partition coefficient (Wildman–Crippen LogP) is 1.28. The highest BCUT2D eigenvalue weighted by Crippen LogP contribution is 2.10. The summed E-state index contributed by atoms with van der Waals surface area (Å²) in [6, 6.07) is 0. The molecule has 0 aliphatic rings. The van der Waals surface area contributed by atoms with Gasteiger partial charge >= 0.3 is 11.9 Å². The summed E-state index contributed by atoms with van der Waals surface area (Å²) in [6.45, 7) is 4.30. The van der Waals surface area contributed by atoms with Gasteiger partial charge in [0.25, 0.3) is 0 Å². The third kappa shape index (κ3) is 4.95. The average Bonchev–Trinajstić information content (AvgIpc) is 2.01. The molecule has 0 amide bonds. The van der Waals surface area contributed by atoms with Crippen LogP contribution in [0.2, 0.25) is 0 Å². The molecule has 0 aromatic rings. The van der Waals surface area contributed by atoms with Gasteiger partial charge in [-0.3, -0.25) is 9.59 Å². The van der Waals surface area contributed by atoms with Crippen molar-refractivity contribution in [1.29, 1.82) is 0 Å². The third-order valence-corrected chi connectivity index (χ3v) is 1.70. The SMILES string of the molecule is CCC(C(=O)O)=C(C)OC(=O)CC(C)=O. The molecule has 84 valence electrons. The van der Waals surface area contributed by atoms with Gasteiger partial charge in [-0.1, -0.05) is 6.92 Å². The molecule has 0 radical (unpaired) electrons. The van der Waals surface area contributed by atoms with E-state index in [-0.39, 0.29) is 30.0 Å². The molecular weight excluding hydrogens is 200 g/mol. The number of allylic oxidation sites excluding steroid dienone is 1. The summed E-state index contributed by atoms with van der Waals surface area (Å²) in [5, 5.41) is 8.72. The largest absolute Gasteiger partial charge is 0.478 e. The summed E-state index contributed by atoms with van der Waals surface area (Å²) < 4.78 is 4.71. The fourth-order valence-corrected chi connectivity index (χ4v) is 1.02. The minimum Gasteiger partial charge on any atom is -0.478 e. The van der Waals surface area contributed by atoms with Gasteiger partial charge in [0.05, 0.1) is 5.57 Å². The first kappa shape index (κ1) is 13.4. The number of carboxylic acids is 1.